The van der Waals surface area contributed by atoms with Crippen LogP contribution in [0.4, 0.5) is 10.5 Å². The number of benzene rings is 1. The fraction of sp³-hybridized carbons (Fsp3) is 0.500. The van der Waals surface area contributed by atoms with E-state index >= 15 is 0 Å². The number of anilines is 1. The maximum Gasteiger partial charge on any atom is 0.319 e. The topological polar surface area (TPSA) is 76.4 Å². The second-order valence-electron chi connectivity index (χ2n) is 4.90. The molecular formula is C14H21N3O2. The third kappa shape index (κ3) is 4.22. The lowest BCUT2D eigenvalue weighted by Gasteiger charge is -2.23. The Morgan fingerprint density at radius 3 is 2.53 bits per heavy atom. The van der Waals surface area contributed by atoms with E-state index in [1.54, 1.807) is 0 Å². The van der Waals surface area contributed by atoms with Crippen LogP contribution in [-0.4, -0.2) is 25.3 Å². The molecule has 1 heterocycles. The number of ether oxygens (including phenoxy) is 1. The largest absolute Gasteiger partial charge is 0.381 e. The minimum atomic E-state index is -0.166. The van der Waals surface area contributed by atoms with Crippen LogP contribution >= 0.6 is 0 Å². The summed E-state index contributed by atoms with van der Waals surface area (Å²) < 4.78 is 5.25. The molecule has 2 amide bonds. The third-order valence-electron chi connectivity index (χ3n) is 3.25. The van der Waals surface area contributed by atoms with Gasteiger partial charge in [0.2, 0.25) is 0 Å². The molecule has 0 spiro atoms. The van der Waals surface area contributed by atoms with Crippen molar-refractivity contribution in [1.82, 2.24) is 5.32 Å². The molecule has 2 rings (SSSR count). The molecule has 0 aromatic heterocycles. The average Bonchev–Trinajstić information content (AvgIpc) is 2.40. The smallest absolute Gasteiger partial charge is 0.319 e. The highest BCUT2D eigenvalue weighted by Crippen LogP contribution is 2.14. The summed E-state index contributed by atoms with van der Waals surface area (Å²) in [4.78, 5) is 11.8. The van der Waals surface area contributed by atoms with Gasteiger partial charge in [0, 0.05) is 31.0 Å². The van der Waals surface area contributed by atoms with Gasteiger partial charge in [0.1, 0.15) is 0 Å². The maximum atomic E-state index is 11.8. The van der Waals surface area contributed by atoms with Crippen molar-refractivity contribution in [3.05, 3.63) is 29.8 Å². The number of carbonyl (C=O) groups is 1. The van der Waals surface area contributed by atoms with Crippen LogP contribution in [0.3, 0.4) is 0 Å². The summed E-state index contributed by atoms with van der Waals surface area (Å²) in [5.74, 6) is 0. The van der Waals surface area contributed by atoms with Crippen LogP contribution in [0.2, 0.25) is 0 Å². The maximum absolute atomic E-state index is 11.8. The van der Waals surface area contributed by atoms with E-state index in [4.69, 9.17) is 10.5 Å². The Bertz CT molecular complexity index is 411. The van der Waals surface area contributed by atoms with E-state index in [0.29, 0.717) is 13.2 Å². The monoisotopic (exact) mass is 263 g/mol. The normalized spacial score (nSPS) is 17.8. The molecule has 1 saturated heterocycles. The summed E-state index contributed by atoms with van der Waals surface area (Å²) in [6.45, 7) is 3.36. The standard InChI is InChI=1S/C14H21N3O2/c1-10(15)11-2-4-12(5-3-11)16-14(18)17-13-6-8-19-9-7-13/h2-5,10,13H,6-9,15H2,1H3,(H2,16,17,18). The highest BCUT2D eigenvalue weighted by atomic mass is 16.5. The molecule has 1 unspecified atom stereocenters. The minimum Gasteiger partial charge on any atom is -0.381 e. The summed E-state index contributed by atoms with van der Waals surface area (Å²) in [7, 11) is 0. The second-order valence-corrected chi connectivity index (χ2v) is 4.90. The van der Waals surface area contributed by atoms with Crippen molar-refractivity contribution < 1.29 is 9.53 Å². The number of hydrogen-bond donors (Lipinski definition) is 3. The molecule has 0 radical (unpaired) electrons. The molecule has 1 aliphatic heterocycles. The highest BCUT2D eigenvalue weighted by molar-refractivity contribution is 5.89. The van der Waals surface area contributed by atoms with Crippen LogP contribution in [0.15, 0.2) is 24.3 Å². The number of nitrogens with two attached hydrogens (primary N) is 1. The first-order chi connectivity index (χ1) is 9.15. The van der Waals surface area contributed by atoms with E-state index in [9.17, 15) is 4.79 Å². The van der Waals surface area contributed by atoms with E-state index in [-0.39, 0.29) is 18.1 Å². The van der Waals surface area contributed by atoms with Crippen molar-refractivity contribution in [1.29, 1.82) is 0 Å². The predicted octanol–water partition coefficient (Wildman–Crippen LogP) is 2.01. The molecule has 5 heteroatoms. The molecule has 4 N–H and O–H groups in total. The van der Waals surface area contributed by atoms with Gasteiger partial charge in [-0.1, -0.05) is 12.1 Å². The molecule has 0 bridgehead atoms. The summed E-state index contributed by atoms with van der Waals surface area (Å²) in [6.07, 6.45) is 1.74. The molecular weight excluding hydrogens is 242 g/mol. The Morgan fingerprint density at radius 1 is 1.32 bits per heavy atom. The van der Waals surface area contributed by atoms with E-state index in [2.05, 4.69) is 10.6 Å². The summed E-state index contributed by atoms with van der Waals surface area (Å²) in [5, 5.41) is 5.77. The van der Waals surface area contributed by atoms with Crippen LogP contribution in [0.25, 0.3) is 0 Å². The quantitative estimate of drug-likeness (QED) is 0.780. The van der Waals surface area contributed by atoms with Gasteiger partial charge in [0.15, 0.2) is 0 Å². The molecule has 104 valence electrons. The molecule has 19 heavy (non-hydrogen) atoms. The van der Waals surface area contributed by atoms with Crippen LogP contribution in [0.1, 0.15) is 31.4 Å². The van der Waals surface area contributed by atoms with Crippen LogP contribution in [0.5, 0.6) is 0 Å². The van der Waals surface area contributed by atoms with Gasteiger partial charge in [-0.3, -0.25) is 0 Å². The van der Waals surface area contributed by atoms with E-state index in [0.717, 1.165) is 24.1 Å². The van der Waals surface area contributed by atoms with Gasteiger partial charge < -0.3 is 21.1 Å². The number of hydrogen-bond acceptors (Lipinski definition) is 3. The molecule has 1 fully saturated rings. The zero-order valence-corrected chi connectivity index (χ0v) is 11.2. The Hall–Kier alpha value is -1.59. The number of urea groups is 1. The fourth-order valence-electron chi connectivity index (χ4n) is 2.06. The van der Waals surface area contributed by atoms with Gasteiger partial charge in [-0.2, -0.15) is 0 Å². The molecule has 0 aliphatic carbocycles. The van der Waals surface area contributed by atoms with Gasteiger partial charge in [-0.25, -0.2) is 4.79 Å². The van der Waals surface area contributed by atoms with Crippen molar-refractivity contribution in [2.45, 2.75) is 31.8 Å². The Morgan fingerprint density at radius 2 is 1.95 bits per heavy atom. The SMILES string of the molecule is CC(N)c1ccc(NC(=O)NC2CCOCC2)cc1. The second kappa shape index (κ2) is 6.54. The Kier molecular flexibility index (Phi) is 4.76. The highest BCUT2D eigenvalue weighted by Gasteiger charge is 2.15. The van der Waals surface area contributed by atoms with Crippen molar-refractivity contribution in [3.8, 4) is 0 Å². The number of nitrogens with one attached hydrogen (secondary N) is 2. The van der Waals surface area contributed by atoms with Crippen LogP contribution in [0, 0.1) is 0 Å². The number of carbonyl (C=O) groups excluding carboxylic acids is 1. The van der Waals surface area contributed by atoms with Crippen molar-refractivity contribution >= 4 is 11.7 Å². The summed E-state index contributed by atoms with van der Waals surface area (Å²) >= 11 is 0. The lowest BCUT2D eigenvalue weighted by molar-refractivity contribution is 0.0806. The van der Waals surface area contributed by atoms with Crippen LogP contribution < -0.4 is 16.4 Å². The fourth-order valence-corrected chi connectivity index (χ4v) is 2.06. The van der Waals surface area contributed by atoms with E-state index < -0.39 is 0 Å². The zero-order chi connectivity index (χ0) is 13.7. The first-order valence-electron chi connectivity index (χ1n) is 6.66. The number of amides is 2. The van der Waals surface area contributed by atoms with Gasteiger partial charge in [0.05, 0.1) is 0 Å². The molecule has 1 aromatic rings. The average molecular weight is 263 g/mol. The summed E-state index contributed by atoms with van der Waals surface area (Å²) in [5.41, 5.74) is 7.60. The first kappa shape index (κ1) is 13.8. The number of rotatable bonds is 3. The van der Waals surface area contributed by atoms with Crippen molar-refractivity contribution in [2.24, 2.45) is 5.73 Å². The summed E-state index contributed by atoms with van der Waals surface area (Å²) in [6, 6.07) is 7.62. The van der Waals surface area contributed by atoms with Gasteiger partial charge in [-0.05, 0) is 37.5 Å². The molecule has 1 aromatic carbocycles. The molecule has 1 aliphatic rings. The zero-order valence-electron chi connectivity index (χ0n) is 11.2. The van der Waals surface area contributed by atoms with Gasteiger partial charge >= 0.3 is 6.03 Å². The predicted molar refractivity (Wildman–Crippen MR) is 75.0 cm³/mol. The van der Waals surface area contributed by atoms with Crippen LogP contribution in [-0.2, 0) is 4.74 Å². The minimum absolute atomic E-state index is 0.00474. The first-order valence-corrected chi connectivity index (χ1v) is 6.66. The molecule has 5 nitrogen and oxygen atoms in total. The Balaban J connectivity index is 1.84. The van der Waals surface area contributed by atoms with Gasteiger partial charge in [-0.15, -0.1) is 0 Å². The van der Waals surface area contributed by atoms with Crippen molar-refractivity contribution in [2.75, 3.05) is 18.5 Å². The third-order valence-corrected chi connectivity index (χ3v) is 3.25. The molecule has 0 saturated carbocycles. The lowest BCUT2D eigenvalue weighted by Crippen LogP contribution is -2.41. The Labute approximate surface area is 113 Å². The van der Waals surface area contributed by atoms with E-state index in [1.807, 2.05) is 31.2 Å². The molecule has 1 atom stereocenters. The lowest BCUT2D eigenvalue weighted by atomic mass is 10.1. The van der Waals surface area contributed by atoms with Crippen molar-refractivity contribution in [3.63, 3.8) is 0 Å². The van der Waals surface area contributed by atoms with E-state index in [1.165, 1.54) is 0 Å². The van der Waals surface area contributed by atoms with Gasteiger partial charge in [0.25, 0.3) is 0 Å².